The molecule has 0 N–H and O–H groups in total. The van der Waals surface area contributed by atoms with E-state index in [0.717, 1.165) is 30.4 Å². The summed E-state index contributed by atoms with van der Waals surface area (Å²) in [5, 5.41) is 0. The molecular formula is C21H25ClO2. The largest absolute Gasteiger partial charge is 0.290 e. The van der Waals surface area contributed by atoms with Crippen LogP contribution < -0.4 is 0 Å². The number of hydrogen-bond acceptors (Lipinski definition) is 2. The van der Waals surface area contributed by atoms with E-state index in [4.69, 9.17) is 11.6 Å². The number of rotatable bonds is 8. The maximum atomic E-state index is 12.5. The molecule has 0 spiro atoms. The van der Waals surface area contributed by atoms with Gasteiger partial charge in [0.05, 0.1) is 0 Å². The van der Waals surface area contributed by atoms with Crippen LogP contribution in [0.5, 0.6) is 0 Å². The fourth-order valence-corrected chi connectivity index (χ4v) is 1.96. The second-order valence-corrected chi connectivity index (χ2v) is 5.41. The van der Waals surface area contributed by atoms with E-state index < -0.39 is 0 Å². The first-order chi connectivity index (χ1) is 11.5. The number of carbonyl (C=O) groups is 2. The average molecular weight is 345 g/mol. The fourth-order valence-electron chi connectivity index (χ4n) is 1.96. The van der Waals surface area contributed by atoms with Gasteiger partial charge in [0.2, 0.25) is 0 Å². The Morgan fingerprint density at radius 1 is 1.17 bits per heavy atom. The van der Waals surface area contributed by atoms with Crippen LogP contribution in [0.15, 0.2) is 72.3 Å². The standard InChI is InChI=1S/C19H22O2.C2H3Cl/c1-4-6-12-17(14-16-10-8-7-9-11-16)19(21)15(3)13-18(20)5-2;1-2-3/h5,7-11,13-14H,2,4,6,12H2,1,3H3;2H,1H2. The van der Waals surface area contributed by atoms with Crippen LogP contribution >= 0.6 is 11.6 Å². The molecule has 0 heterocycles. The van der Waals surface area contributed by atoms with Gasteiger partial charge in [-0.25, -0.2) is 0 Å². The minimum absolute atomic E-state index is 0.0671. The molecule has 0 aliphatic rings. The first kappa shape index (κ1) is 21.8. The minimum atomic E-state index is -0.240. The molecule has 0 saturated heterocycles. The summed E-state index contributed by atoms with van der Waals surface area (Å²) >= 11 is 4.76. The fraction of sp³-hybridized carbons (Fsp3) is 0.238. The molecule has 0 atom stereocenters. The molecule has 0 amide bonds. The molecule has 0 radical (unpaired) electrons. The Morgan fingerprint density at radius 3 is 2.25 bits per heavy atom. The molecule has 0 aromatic heterocycles. The number of hydrogen-bond donors (Lipinski definition) is 0. The van der Waals surface area contributed by atoms with Gasteiger partial charge in [-0.05, 0) is 49.1 Å². The van der Waals surface area contributed by atoms with E-state index in [1.165, 1.54) is 17.7 Å². The summed E-state index contributed by atoms with van der Waals surface area (Å²) in [6, 6.07) is 9.76. The van der Waals surface area contributed by atoms with Crippen LogP contribution in [-0.2, 0) is 9.59 Å². The van der Waals surface area contributed by atoms with E-state index in [-0.39, 0.29) is 11.6 Å². The molecular weight excluding hydrogens is 320 g/mol. The molecule has 2 nitrogen and oxygen atoms in total. The van der Waals surface area contributed by atoms with Crippen molar-refractivity contribution in [2.24, 2.45) is 0 Å². The van der Waals surface area contributed by atoms with Gasteiger partial charge < -0.3 is 0 Å². The minimum Gasteiger partial charge on any atom is -0.290 e. The normalized spacial score (nSPS) is 11.1. The lowest BCUT2D eigenvalue weighted by molar-refractivity contribution is -0.113. The number of carbonyl (C=O) groups excluding carboxylic acids is 2. The van der Waals surface area contributed by atoms with Gasteiger partial charge in [-0.1, -0.05) is 68.4 Å². The number of allylic oxidation sites excluding steroid dienone is 4. The number of Topliss-reactive ketones (excluding diaryl/α,β-unsaturated/α-hetero) is 1. The maximum Gasteiger partial charge on any atom is 0.184 e. The van der Waals surface area contributed by atoms with Crippen molar-refractivity contribution in [2.45, 2.75) is 33.1 Å². The van der Waals surface area contributed by atoms with Gasteiger partial charge in [0, 0.05) is 11.1 Å². The highest BCUT2D eigenvalue weighted by atomic mass is 35.5. The van der Waals surface area contributed by atoms with Gasteiger partial charge in [0.15, 0.2) is 11.6 Å². The van der Waals surface area contributed by atoms with Crippen molar-refractivity contribution < 1.29 is 9.59 Å². The summed E-state index contributed by atoms with van der Waals surface area (Å²) in [7, 11) is 0. The summed E-state index contributed by atoms with van der Waals surface area (Å²) in [5.41, 5.74) is 3.42. The Hall–Kier alpha value is -2.19. The molecule has 0 bridgehead atoms. The van der Waals surface area contributed by atoms with Crippen molar-refractivity contribution >= 4 is 29.2 Å². The van der Waals surface area contributed by atoms with E-state index in [0.29, 0.717) is 5.57 Å². The highest BCUT2D eigenvalue weighted by Gasteiger charge is 2.12. The molecule has 0 aliphatic carbocycles. The maximum absolute atomic E-state index is 12.5. The molecule has 24 heavy (non-hydrogen) atoms. The lowest BCUT2D eigenvalue weighted by Gasteiger charge is -2.07. The van der Waals surface area contributed by atoms with E-state index in [9.17, 15) is 9.59 Å². The molecule has 0 fully saturated rings. The van der Waals surface area contributed by atoms with Crippen LogP contribution in [0.2, 0.25) is 0 Å². The van der Waals surface area contributed by atoms with E-state index in [1.807, 2.05) is 36.4 Å². The lowest BCUT2D eigenvalue weighted by atomic mass is 9.96. The zero-order chi connectivity index (χ0) is 18.4. The van der Waals surface area contributed by atoms with Crippen LogP contribution in [0.4, 0.5) is 0 Å². The predicted octanol–water partition coefficient (Wildman–Crippen LogP) is 5.90. The second kappa shape index (κ2) is 13.3. The Morgan fingerprint density at radius 2 is 1.75 bits per heavy atom. The van der Waals surface area contributed by atoms with E-state index in [2.05, 4.69) is 20.1 Å². The summed E-state index contributed by atoms with van der Waals surface area (Å²) in [6.45, 7) is 10.3. The zero-order valence-corrected chi connectivity index (χ0v) is 15.2. The SMILES string of the molecule is C=CC(=O)C=C(C)C(=O)C(=Cc1ccccc1)CCCC.C=CCl. The van der Waals surface area contributed by atoms with E-state index >= 15 is 0 Å². The summed E-state index contributed by atoms with van der Waals surface area (Å²) < 4.78 is 0. The third-order valence-corrected chi connectivity index (χ3v) is 3.15. The first-order valence-electron chi connectivity index (χ1n) is 7.86. The Bertz CT molecular complexity index is 610. The molecule has 0 aliphatic heterocycles. The first-order valence-corrected chi connectivity index (χ1v) is 8.29. The third kappa shape index (κ3) is 9.06. The van der Waals surface area contributed by atoms with Gasteiger partial charge >= 0.3 is 0 Å². The third-order valence-electron chi connectivity index (χ3n) is 3.15. The van der Waals surface area contributed by atoms with Crippen molar-refractivity contribution in [3.05, 3.63) is 77.9 Å². The van der Waals surface area contributed by atoms with Crippen LogP contribution in [0.3, 0.4) is 0 Å². The molecule has 0 saturated carbocycles. The Kier molecular flexibility index (Phi) is 12.1. The second-order valence-electron chi connectivity index (χ2n) is 5.10. The smallest absolute Gasteiger partial charge is 0.184 e. The number of ketones is 2. The van der Waals surface area contributed by atoms with Crippen LogP contribution in [0.25, 0.3) is 6.08 Å². The molecule has 3 heteroatoms. The number of unbranched alkanes of at least 4 members (excludes halogenated alkanes) is 1. The molecule has 1 aromatic rings. The monoisotopic (exact) mass is 344 g/mol. The van der Waals surface area contributed by atoms with Crippen molar-refractivity contribution in [3.8, 4) is 0 Å². The van der Waals surface area contributed by atoms with Gasteiger partial charge in [-0.2, -0.15) is 0 Å². The van der Waals surface area contributed by atoms with Gasteiger partial charge in [0.1, 0.15) is 0 Å². The van der Waals surface area contributed by atoms with Crippen molar-refractivity contribution in [2.75, 3.05) is 0 Å². The molecule has 1 rings (SSSR count). The van der Waals surface area contributed by atoms with Crippen molar-refractivity contribution in [1.82, 2.24) is 0 Å². The topological polar surface area (TPSA) is 34.1 Å². The highest BCUT2D eigenvalue weighted by Crippen LogP contribution is 2.17. The van der Waals surface area contributed by atoms with E-state index in [1.54, 1.807) is 6.92 Å². The summed E-state index contributed by atoms with van der Waals surface area (Å²) in [5.74, 6) is -0.307. The highest BCUT2D eigenvalue weighted by molar-refractivity contribution is 6.25. The number of halogens is 1. The molecule has 0 unspecified atom stereocenters. The Labute approximate surface area is 150 Å². The van der Waals surface area contributed by atoms with Crippen molar-refractivity contribution in [3.63, 3.8) is 0 Å². The van der Waals surface area contributed by atoms with Crippen LogP contribution in [0.1, 0.15) is 38.7 Å². The zero-order valence-electron chi connectivity index (χ0n) is 14.4. The van der Waals surface area contributed by atoms with Gasteiger partial charge in [0.25, 0.3) is 0 Å². The van der Waals surface area contributed by atoms with Crippen LogP contribution in [0, 0.1) is 0 Å². The molecule has 1 aromatic carbocycles. The molecule has 128 valence electrons. The van der Waals surface area contributed by atoms with Crippen molar-refractivity contribution in [1.29, 1.82) is 0 Å². The number of benzene rings is 1. The summed E-state index contributed by atoms with van der Waals surface area (Å²) in [4.78, 5) is 23.8. The van der Waals surface area contributed by atoms with Gasteiger partial charge in [-0.15, -0.1) is 0 Å². The Balaban J connectivity index is 0.00000163. The quantitative estimate of drug-likeness (QED) is 0.550. The average Bonchev–Trinajstić information content (AvgIpc) is 2.59. The lowest BCUT2D eigenvalue weighted by Crippen LogP contribution is -2.06. The summed E-state index contributed by atoms with van der Waals surface area (Å²) in [6.07, 6.45) is 7.16. The van der Waals surface area contributed by atoms with Gasteiger partial charge in [-0.3, -0.25) is 9.59 Å². The van der Waals surface area contributed by atoms with Crippen LogP contribution in [-0.4, -0.2) is 11.6 Å². The predicted molar refractivity (Wildman–Crippen MR) is 104 cm³/mol.